The average Bonchev–Trinajstić information content (AvgIpc) is 3.39. The normalized spacial score (nSPS) is 11.3. The van der Waals surface area contributed by atoms with Gasteiger partial charge >= 0.3 is 5.69 Å². The van der Waals surface area contributed by atoms with Crippen molar-refractivity contribution < 1.29 is 8.91 Å². The molecule has 5 rings (SSSR count). The molecule has 0 radical (unpaired) electrons. The highest BCUT2D eigenvalue weighted by molar-refractivity contribution is 7.98. The number of nitrogens with zero attached hydrogens (tertiary/aromatic N) is 6. The van der Waals surface area contributed by atoms with E-state index in [-0.39, 0.29) is 23.9 Å². The predicted octanol–water partition coefficient (Wildman–Crippen LogP) is 4.07. The zero-order valence-electron chi connectivity index (χ0n) is 16.4. The van der Waals surface area contributed by atoms with Crippen LogP contribution in [0, 0.1) is 5.82 Å². The number of benzene rings is 2. The van der Waals surface area contributed by atoms with Gasteiger partial charge < -0.3 is 4.52 Å². The van der Waals surface area contributed by atoms with E-state index >= 15 is 0 Å². The Morgan fingerprint density at radius 3 is 2.81 bits per heavy atom. The van der Waals surface area contributed by atoms with Crippen molar-refractivity contribution in [2.24, 2.45) is 0 Å². The lowest BCUT2D eigenvalue weighted by atomic mass is 10.2. The van der Waals surface area contributed by atoms with Crippen molar-refractivity contribution in [3.05, 3.63) is 93.7 Å². The van der Waals surface area contributed by atoms with Gasteiger partial charge in [-0.3, -0.25) is 0 Å². The Hall–Kier alpha value is -3.50. The third-order valence-corrected chi connectivity index (χ3v) is 5.89. The molecule has 0 N–H and O–H groups in total. The fourth-order valence-corrected chi connectivity index (χ4v) is 4.08. The zero-order chi connectivity index (χ0) is 22.1. The van der Waals surface area contributed by atoms with Gasteiger partial charge in [-0.05, 0) is 29.8 Å². The fraction of sp³-hybridized carbons (Fsp3) is 0.0952. The van der Waals surface area contributed by atoms with Crippen molar-refractivity contribution in [3.8, 4) is 11.4 Å². The molecular formula is C21H14ClFN6O2S. The van der Waals surface area contributed by atoms with Crippen LogP contribution in [0.15, 0.2) is 75.3 Å². The number of halogens is 2. The number of rotatable bonds is 6. The lowest BCUT2D eigenvalue weighted by molar-refractivity contribution is 0.364. The van der Waals surface area contributed by atoms with Gasteiger partial charge in [0.2, 0.25) is 11.7 Å². The van der Waals surface area contributed by atoms with Gasteiger partial charge in [0.1, 0.15) is 17.4 Å². The lowest BCUT2D eigenvalue weighted by Crippen LogP contribution is -2.21. The van der Waals surface area contributed by atoms with E-state index in [4.69, 9.17) is 16.1 Å². The third kappa shape index (κ3) is 4.14. The van der Waals surface area contributed by atoms with Gasteiger partial charge in [0, 0.05) is 28.7 Å². The lowest BCUT2D eigenvalue weighted by Gasteiger charge is -2.02. The maximum atomic E-state index is 13.4. The summed E-state index contributed by atoms with van der Waals surface area (Å²) in [4.78, 5) is 21.4. The topological polar surface area (TPSA) is 91.1 Å². The van der Waals surface area contributed by atoms with Crippen LogP contribution in [-0.4, -0.2) is 29.3 Å². The Morgan fingerprint density at radius 2 is 2.00 bits per heavy atom. The summed E-state index contributed by atoms with van der Waals surface area (Å²) in [5.41, 5.74) is 1.62. The third-order valence-electron chi connectivity index (χ3n) is 4.59. The largest absolute Gasteiger partial charge is 0.350 e. The van der Waals surface area contributed by atoms with Crippen LogP contribution < -0.4 is 5.69 Å². The van der Waals surface area contributed by atoms with Gasteiger partial charge in [-0.15, -0.1) is 5.10 Å². The van der Waals surface area contributed by atoms with Crippen LogP contribution in [0.5, 0.6) is 0 Å². The molecule has 0 fully saturated rings. The van der Waals surface area contributed by atoms with Gasteiger partial charge in [-0.2, -0.15) is 4.98 Å². The first-order valence-electron chi connectivity index (χ1n) is 9.47. The maximum absolute atomic E-state index is 13.4. The summed E-state index contributed by atoms with van der Waals surface area (Å²) in [7, 11) is 0. The van der Waals surface area contributed by atoms with Gasteiger partial charge in [-0.25, -0.2) is 23.3 Å². The van der Waals surface area contributed by atoms with E-state index in [9.17, 15) is 9.18 Å². The second kappa shape index (κ2) is 8.56. The summed E-state index contributed by atoms with van der Waals surface area (Å²) in [6.45, 7) is -0.0237. The minimum absolute atomic E-state index is 0.0237. The first-order valence-corrected chi connectivity index (χ1v) is 10.8. The number of fused-ring (bicyclic) bond motifs is 1. The Morgan fingerprint density at radius 1 is 1.16 bits per heavy atom. The van der Waals surface area contributed by atoms with Crippen molar-refractivity contribution in [2.45, 2.75) is 17.3 Å². The second-order valence-corrected chi connectivity index (χ2v) is 8.20. The van der Waals surface area contributed by atoms with E-state index in [1.165, 1.54) is 33.0 Å². The zero-order valence-corrected chi connectivity index (χ0v) is 17.9. The summed E-state index contributed by atoms with van der Waals surface area (Å²) in [6.07, 6.45) is 3.11. The Kier molecular flexibility index (Phi) is 5.46. The molecule has 0 amide bonds. The van der Waals surface area contributed by atoms with Gasteiger partial charge in [0.15, 0.2) is 5.65 Å². The molecule has 0 spiro atoms. The standard InChI is InChI=1S/C21H14ClFN6O2S/c22-15-6-4-13(5-7-15)12-32-20-19-26-29(21(30)28(19)9-8-24-20)11-17-25-18(27-31-17)14-2-1-3-16(23)10-14/h1-10H,11-12H2. The molecule has 0 unspecified atom stereocenters. The molecule has 5 aromatic rings. The fourth-order valence-electron chi connectivity index (χ4n) is 3.06. The van der Waals surface area contributed by atoms with E-state index in [0.717, 1.165) is 5.56 Å². The first kappa shape index (κ1) is 20.4. The molecule has 32 heavy (non-hydrogen) atoms. The van der Waals surface area contributed by atoms with Gasteiger partial charge in [0.25, 0.3) is 0 Å². The molecule has 2 aromatic carbocycles. The summed E-state index contributed by atoms with van der Waals surface area (Å²) < 4.78 is 21.3. The van der Waals surface area contributed by atoms with E-state index < -0.39 is 5.82 Å². The number of hydrogen-bond acceptors (Lipinski definition) is 7. The molecule has 0 aliphatic carbocycles. The Bertz CT molecular complexity index is 1460. The number of thioether (sulfide) groups is 1. The smallest absolute Gasteiger partial charge is 0.337 e. The van der Waals surface area contributed by atoms with Gasteiger partial charge in [0.05, 0.1) is 0 Å². The maximum Gasteiger partial charge on any atom is 0.350 e. The molecule has 0 aliphatic heterocycles. The van der Waals surface area contributed by atoms with E-state index in [0.29, 0.717) is 27.0 Å². The SMILES string of the molecule is O=c1n(Cc2nc(-c3cccc(F)c3)no2)nc2c(SCc3ccc(Cl)cc3)nccn12. The number of aromatic nitrogens is 6. The molecule has 8 nitrogen and oxygen atoms in total. The molecule has 3 heterocycles. The van der Waals surface area contributed by atoms with Crippen molar-refractivity contribution in [2.75, 3.05) is 0 Å². The van der Waals surface area contributed by atoms with Crippen LogP contribution in [0.3, 0.4) is 0 Å². The molecular weight excluding hydrogens is 455 g/mol. The van der Waals surface area contributed by atoms with Crippen LogP contribution in [0.4, 0.5) is 4.39 Å². The minimum atomic E-state index is -0.401. The van der Waals surface area contributed by atoms with Crippen molar-refractivity contribution in [1.29, 1.82) is 0 Å². The molecule has 0 saturated carbocycles. The number of hydrogen-bond donors (Lipinski definition) is 0. The van der Waals surface area contributed by atoms with E-state index in [1.54, 1.807) is 24.5 Å². The molecule has 0 aliphatic rings. The second-order valence-electron chi connectivity index (χ2n) is 6.80. The molecule has 11 heteroatoms. The Labute approximate surface area is 189 Å². The summed E-state index contributed by atoms with van der Waals surface area (Å²) >= 11 is 7.40. The highest BCUT2D eigenvalue weighted by atomic mass is 35.5. The Balaban J connectivity index is 1.39. The summed E-state index contributed by atoms with van der Waals surface area (Å²) in [5.74, 6) is 0.655. The minimum Gasteiger partial charge on any atom is -0.337 e. The molecule has 160 valence electrons. The van der Waals surface area contributed by atoms with Crippen molar-refractivity contribution >= 4 is 29.0 Å². The van der Waals surface area contributed by atoms with Crippen LogP contribution in [-0.2, 0) is 12.3 Å². The summed E-state index contributed by atoms with van der Waals surface area (Å²) in [6, 6.07) is 13.4. The van der Waals surface area contributed by atoms with E-state index in [2.05, 4.69) is 20.2 Å². The quantitative estimate of drug-likeness (QED) is 0.347. The van der Waals surface area contributed by atoms with Gasteiger partial charge in [-0.1, -0.05) is 52.8 Å². The van der Waals surface area contributed by atoms with Crippen LogP contribution in [0.2, 0.25) is 5.02 Å². The van der Waals surface area contributed by atoms with Crippen molar-refractivity contribution in [3.63, 3.8) is 0 Å². The molecule has 0 atom stereocenters. The molecule has 0 saturated heterocycles. The van der Waals surface area contributed by atoms with E-state index in [1.807, 2.05) is 24.3 Å². The highest BCUT2D eigenvalue weighted by Crippen LogP contribution is 2.24. The highest BCUT2D eigenvalue weighted by Gasteiger charge is 2.16. The average molecular weight is 469 g/mol. The predicted molar refractivity (Wildman–Crippen MR) is 117 cm³/mol. The van der Waals surface area contributed by atoms with Crippen molar-refractivity contribution in [1.82, 2.24) is 29.3 Å². The monoisotopic (exact) mass is 468 g/mol. The summed E-state index contributed by atoms with van der Waals surface area (Å²) in [5, 5.41) is 9.56. The first-order chi connectivity index (χ1) is 15.6. The molecule has 3 aromatic heterocycles. The van der Waals surface area contributed by atoms with Crippen LogP contribution >= 0.6 is 23.4 Å². The van der Waals surface area contributed by atoms with Crippen LogP contribution in [0.1, 0.15) is 11.5 Å². The molecule has 0 bridgehead atoms. The van der Waals surface area contributed by atoms with Crippen LogP contribution in [0.25, 0.3) is 17.0 Å².